The molecule has 1 N–H and O–H groups in total. The molecule has 0 saturated heterocycles. The summed E-state index contributed by atoms with van der Waals surface area (Å²) in [5.41, 5.74) is 1.32. The molecule has 1 heteroatoms. The van der Waals surface area contributed by atoms with Crippen molar-refractivity contribution in [2.75, 3.05) is 0 Å². The summed E-state index contributed by atoms with van der Waals surface area (Å²) in [7, 11) is 0. The van der Waals surface area contributed by atoms with Gasteiger partial charge in [0.1, 0.15) is 0 Å². The summed E-state index contributed by atoms with van der Waals surface area (Å²) in [6, 6.07) is 10.8. The van der Waals surface area contributed by atoms with Gasteiger partial charge in [0.05, 0.1) is 6.04 Å². The van der Waals surface area contributed by atoms with Crippen molar-refractivity contribution in [2.24, 2.45) is 5.92 Å². The van der Waals surface area contributed by atoms with Crippen molar-refractivity contribution in [3.8, 4) is 11.8 Å². The van der Waals surface area contributed by atoms with Gasteiger partial charge in [-0.2, -0.15) is 0 Å². The fourth-order valence-corrected chi connectivity index (χ4v) is 1.72. The van der Waals surface area contributed by atoms with E-state index in [4.69, 9.17) is 0 Å². The van der Waals surface area contributed by atoms with Crippen LogP contribution in [0.3, 0.4) is 0 Å². The molecule has 0 fully saturated rings. The maximum Gasteiger partial charge on any atom is 0.0715 e. The molecule has 0 heterocycles. The van der Waals surface area contributed by atoms with E-state index in [1.807, 2.05) is 6.07 Å². The minimum atomic E-state index is 0.294. The second kappa shape index (κ2) is 8.78. The standard InChI is InChI=1S/C17H25N/c1-4-5-6-10-13-17(15(2)3)18-14-16-11-8-7-9-12-16/h7-9,11-12,15,17-18H,4-6,14H2,1-3H3. The largest absolute Gasteiger partial charge is 0.299 e. The maximum atomic E-state index is 3.54. The zero-order valence-electron chi connectivity index (χ0n) is 11.9. The van der Waals surface area contributed by atoms with Crippen LogP contribution in [0.4, 0.5) is 0 Å². The first-order valence-corrected chi connectivity index (χ1v) is 6.99. The molecule has 0 aliphatic carbocycles. The number of unbranched alkanes of at least 4 members (excludes halogenated alkanes) is 2. The van der Waals surface area contributed by atoms with E-state index in [0.29, 0.717) is 12.0 Å². The van der Waals surface area contributed by atoms with Gasteiger partial charge in [-0.15, -0.1) is 5.92 Å². The Balaban J connectivity index is 2.45. The van der Waals surface area contributed by atoms with Gasteiger partial charge in [0.2, 0.25) is 0 Å². The molecule has 0 bridgehead atoms. The molecule has 0 aromatic heterocycles. The third-order valence-corrected chi connectivity index (χ3v) is 2.95. The topological polar surface area (TPSA) is 12.0 Å². The Bertz CT molecular complexity index is 370. The molecule has 0 aliphatic rings. The zero-order chi connectivity index (χ0) is 13.2. The number of benzene rings is 1. The first-order chi connectivity index (χ1) is 8.74. The molecule has 0 aliphatic heterocycles. The van der Waals surface area contributed by atoms with Gasteiger partial charge in [-0.3, -0.25) is 5.32 Å². The van der Waals surface area contributed by atoms with Crippen LogP contribution in [0.2, 0.25) is 0 Å². The van der Waals surface area contributed by atoms with Crippen LogP contribution in [-0.4, -0.2) is 6.04 Å². The van der Waals surface area contributed by atoms with Crippen LogP contribution in [-0.2, 0) is 6.54 Å². The van der Waals surface area contributed by atoms with Gasteiger partial charge >= 0.3 is 0 Å². The number of nitrogens with one attached hydrogen (secondary N) is 1. The normalized spacial score (nSPS) is 12.0. The van der Waals surface area contributed by atoms with Crippen LogP contribution in [0.1, 0.15) is 45.6 Å². The molecule has 0 saturated carbocycles. The number of rotatable bonds is 6. The summed E-state index contributed by atoms with van der Waals surface area (Å²) in [5.74, 6) is 7.20. The summed E-state index contributed by atoms with van der Waals surface area (Å²) in [6.45, 7) is 7.54. The smallest absolute Gasteiger partial charge is 0.0715 e. The van der Waals surface area contributed by atoms with Crippen molar-refractivity contribution < 1.29 is 0 Å². The summed E-state index contributed by atoms with van der Waals surface area (Å²) in [5, 5.41) is 3.54. The lowest BCUT2D eigenvalue weighted by atomic mass is 10.0. The Labute approximate surface area is 112 Å². The molecular weight excluding hydrogens is 218 g/mol. The van der Waals surface area contributed by atoms with Gasteiger partial charge in [-0.1, -0.05) is 63.4 Å². The van der Waals surface area contributed by atoms with Crippen molar-refractivity contribution in [2.45, 2.75) is 52.6 Å². The lowest BCUT2D eigenvalue weighted by molar-refractivity contribution is 0.475. The Hall–Kier alpha value is -1.26. The molecule has 0 radical (unpaired) electrons. The molecule has 98 valence electrons. The van der Waals surface area contributed by atoms with Crippen LogP contribution in [0.25, 0.3) is 0 Å². The maximum absolute atomic E-state index is 3.54. The quantitative estimate of drug-likeness (QED) is 0.588. The highest BCUT2D eigenvalue weighted by molar-refractivity contribution is 5.16. The first kappa shape index (κ1) is 14.8. The van der Waals surface area contributed by atoms with Crippen molar-refractivity contribution in [3.05, 3.63) is 35.9 Å². The van der Waals surface area contributed by atoms with Crippen molar-refractivity contribution in [3.63, 3.8) is 0 Å². The van der Waals surface area contributed by atoms with Gasteiger partial charge in [0.25, 0.3) is 0 Å². The predicted octanol–water partition coefficient (Wildman–Crippen LogP) is 3.99. The molecule has 1 aromatic rings. The molecule has 1 aromatic carbocycles. The van der Waals surface area contributed by atoms with Crippen LogP contribution in [0.15, 0.2) is 30.3 Å². The van der Waals surface area contributed by atoms with E-state index in [1.165, 1.54) is 18.4 Å². The van der Waals surface area contributed by atoms with E-state index in [2.05, 4.69) is 62.2 Å². The third kappa shape index (κ3) is 5.89. The minimum absolute atomic E-state index is 0.294. The van der Waals surface area contributed by atoms with Gasteiger partial charge < -0.3 is 0 Å². The second-order valence-corrected chi connectivity index (χ2v) is 5.01. The average Bonchev–Trinajstić information content (AvgIpc) is 2.38. The van der Waals surface area contributed by atoms with Gasteiger partial charge in [-0.25, -0.2) is 0 Å². The molecule has 18 heavy (non-hydrogen) atoms. The van der Waals surface area contributed by atoms with E-state index in [9.17, 15) is 0 Å². The van der Waals surface area contributed by atoms with E-state index in [-0.39, 0.29) is 0 Å². The lowest BCUT2D eigenvalue weighted by Gasteiger charge is -2.16. The first-order valence-electron chi connectivity index (χ1n) is 6.99. The fourth-order valence-electron chi connectivity index (χ4n) is 1.72. The molecule has 1 unspecified atom stereocenters. The summed E-state index contributed by atoms with van der Waals surface area (Å²) in [4.78, 5) is 0. The number of hydrogen-bond donors (Lipinski definition) is 1. The highest BCUT2D eigenvalue weighted by Gasteiger charge is 2.08. The van der Waals surface area contributed by atoms with E-state index >= 15 is 0 Å². The lowest BCUT2D eigenvalue weighted by Crippen LogP contribution is -2.31. The van der Waals surface area contributed by atoms with E-state index in [0.717, 1.165) is 13.0 Å². The fraction of sp³-hybridized carbons (Fsp3) is 0.529. The van der Waals surface area contributed by atoms with Gasteiger partial charge in [0, 0.05) is 13.0 Å². The molecule has 1 rings (SSSR count). The Morgan fingerprint density at radius 2 is 1.89 bits per heavy atom. The van der Waals surface area contributed by atoms with Gasteiger partial charge in [0.15, 0.2) is 0 Å². The molecule has 0 amide bonds. The third-order valence-electron chi connectivity index (χ3n) is 2.95. The van der Waals surface area contributed by atoms with Crippen molar-refractivity contribution in [1.82, 2.24) is 5.32 Å². The summed E-state index contributed by atoms with van der Waals surface area (Å²) in [6.07, 6.45) is 3.45. The molecular formula is C17H25N. The Morgan fingerprint density at radius 1 is 1.17 bits per heavy atom. The van der Waals surface area contributed by atoms with Crippen LogP contribution < -0.4 is 5.32 Å². The highest BCUT2D eigenvalue weighted by atomic mass is 14.9. The number of hydrogen-bond acceptors (Lipinski definition) is 1. The Morgan fingerprint density at radius 3 is 2.50 bits per heavy atom. The van der Waals surface area contributed by atoms with Gasteiger partial charge in [-0.05, 0) is 17.9 Å². The molecule has 1 nitrogen and oxygen atoms in total. The van der Waals surface area contributed by atoms with Crippen LogP contribution in [0.5, 0.6) is 0 Å². The second-order valence-electron chi connectivity index (χ2n) is 5.01. The van der Waals surface area contributed by atoms with E-state index in [1.54, 1.807) is 0 Å². The highest BCUT2D eigenvalue weighted by Crippen LogP contribution is 2.04. The van der Waals surface area contributed by atoms with Crippen LogP contribution in [0, 0.1) is 17.8 Å². The Kier molecular flexibility index (Phi) is 7.22. The van der Waals surface area contributed by atoms with E-state index < -0.39 is 0 Å². The predicted molar refractivity (Wildman–Crippen MR) is 79.2 cm³/mol. The minimum Gasteiger partial charge on any atom is -0.299 e. The molecule has 1 atom stereocenters. The SMILES string of the molecule is CCCCC#CC(NCc1ccccc1)C(C)C. The molecule has 0 spiro atoms. The van der Waals surface area contributed by atoms with Crippen molar-refractivity contribution in [1.29, 1.82) is 0 Å². The van der Waals surface area contributed by atoms with Crippen LogP contribution >= 0.6 is 0 Å². The van der Waals surface area contributed by atoms with Crippen molar-refractivity contribution >= 4 is 0 Å². The average molecular weight is 243 g/mol. The summed E-state index contributed by atoms with van der Waals surface area (Å²) < 4.78 is 0. The zero-order valence-corrected chi connectivity index (χ0v) is 11.9. The summed E-state index contributed by atoms with van der Waals surface area (Å²) >= 11 is 0. The monoisotopic (exact) mass is 243 g/mol.